The second-order valence-corrected chi connectivity index (χ2v) is 9.57. The third kappa shape index (κ3) is 6.72. The van der Waals surface area contributed by atoms with Gasteiger partial charge in [-0.3, -0.25) is 9.69 Å². The van der Waals surface area contributed by atoms with E-state index in [2.05, 4.69) is 23.2 Å². The lowest BCUT2D eigenvalue weighted by Gasteiger charge is -2.31. The normalized spacial score (nSPS) is 18.0. The molecule has 1 fully saturated rings. The van der Waals surface area contributed by atoms with E-state index in [9.17, 15) is 14.0 Å². The van der Waals surface area contributed by atoms with Gasteiger partial charge in [0.2, 0.25) is 0 Å². The van der Waals surface area contributed by atoms with Crippen LogP contribution in [-0.4, -0.2) is 84.9 Å². The van der Waals surface area contributed by atoms with Gasteiger partial charge in [-0.15, -0.1) is 0 Å². The fourth-order valence-electron chi connectivity index (χ4n) is 4.62. The van der Waals surface area contributed by atoms with E-state index < -0.39 is 0 Å². The van der Waals surface area contributed by atoms with Crippen molar-refractivity contribution in [2.24, 2.45) is 5.10 Å². The van der Waals surface area contributed by atoms with Gasteiger partial charge in [-0.25, -0.2) is 14.2 Å². The van der Waals surface area contributed by atoms with Crippen molar-refractivity contribution in [2.45, 2.75) is 33.2 Å². The molecule has 2 aliphatic heterocycles. The molecule has 0 radical (unpaired) electrons. The number of hydrogen-bond donors (Lipinski definition) is 1. The van der Waals surface area contributed by atoms with Crippen LogP contribution < -0.4 is 5.32 Å². The minimum Gasteiger partial charge on any atom is -0.379 e. The number of morpholine rings is 1. The molecule has 1 saturated heterocycles. The molecule has 2 aromatic carbocycles. The van der Waals surface area contributed by atoms with Crippen molar-refractivity contribution in [2.75, 3.05) is 52.5 Å². The van der Waals surface area contributed by atoms with Crippen LogP contribution in [0.3, 0.4) is 0 Å². The van der Waals surface area contributed by atoms with E-state index in [4.69, 9.17) is 9.84 Å². The predicted molar refractivity (Wildman–Crippen MR) is 141 cm³/mol. The van der Waals surface area contributed by atoms with Gasteiger partial charge in [-0.1, -0.05) is 24.3 Å². The number of carbonyl (C=O) groups is 2. The molecule has 3 amide bonds. The number of hydrazone groups is 1. The van der Waals surface area contributed by atoms with E-state index in [0.29, 0.717) is 39.3 Å². The Morgan fingerprint density at radius 2 is 1.84 bits per heavy atom. The van der Waals surface area contributed by atoms with Crippen molar-refractivity contribution in [1.29, 1.82) is 0 Å². The number of urea groups is 1. The SMILES string of the molecule is CCNC(=O)N(CCN1CCOCC1)CC(=O)N1N=C(c2ccc(C)c(C)c2)C[C@@H]1c1ccc(F)cc1. The number of nitrogens with one attached hydrogen (secondary N) is 1. The standard InChI is InChI=1S/C28H36FN5O3/c1-4-30-28(36)33(12-11-32-13-15-37-16-14-32)19-27(35)34-26(22-7-9-24(29)10-8-22)18-25(31-34)23-6-5-20(2)21(3)17-23/h5-10,17,26H,4,11-16,18-19H2,1-3H3,(H,30,36)/t26-/m1/s1. The Morgan fingerprint density at radius 3 is 2.51 bits per heavy atom. The number of nitrogens with zero attached hydrogens (tertiary/aromatic N) is 4. The summed E-state index contributed by atoms with van der Waals surface area (Å²) in [4.78, 5) is 30.3. The number of halogens is 1. The number of hydrogen-bond acceptors (Lipinski definition) is 5. The van der Waals surface area contributed by atoms with E-state index in [1.807, 2.05) is 26.0 Å². The summed E-state index contributed by atoms with van der Waals surface area (Å²) in [5, 5.41) is 9.03. The lowest BCUT2D eigenvalue weighted by Crippen LogP contribution is -2.49. The monoisotopic (exact) mass is 509 g/mol. The third-order valence-corrected chi connectivity index (χ3v) is 6.99. The molecule has 8 nitrogen and oxygen atoms in total. The summed E-state index contributed by atoms with van der Waals surface area (Å²) in [6.45, 7) is 10.4. The van der Waals surface area contributed by atoms with Crippen LogP contribution in [0.4, 0.5) is 9.18 Å². The van der Waals surface area contributed by atoms with E-state index in [1.54, 1.807) is 17.0 Å². The molecule has 0 bridgehead atoms. The quantitative estimate of drug-likeness (QED) is 0.591. The van der Waals surface area contributed by atoms with Gasteiger partial charge in [-0.05, 0) is 61.2 Å². The number of carbonyl (C=O) groups excluding carboxylic acids is 2. The predicted octanol–water partition coefficient (Wildman–Crippen LogP) is 3.48. The molecular formula is C28H36FN5O3. The van der Waals surface area contributed by atoms with Crippen molar-refractivity contribution in [1.82, 2.24) is 20.1 Å². The summed E-state index contributed by atoms with van der Waals surface area (Å²) in [5.74, 6) is -0.609. The molecule has 198 valence electrons. The topological polar surface area (TPSA) is 77.5 Å². The molecule has 2 heterocycles. The Kier molecular flexibility index (Phi) is 8.89. The van der Waals surface area contributed by atoms with Gasteiger partial charge in [0, 0.05) is 39.1 Å². The zero-order valence-corrected chi connectivity index (χ0v) is 21.9. The van der Waals surface area contributed by atoms with Gasteiger partial charge in [0.25, 0.3) is 5.91 Å². The summed E-state index contributed by atoms with van der Waals surface area (Å²) in [6, 6.07) is 11.7. The molecule has 0 saturated carbocycles. The van der Waals surface area contributed by atoms with Gasteiger partial charge in [0.05, 0.1) is 25.0 Å². The molecule has 2 aliphatic rings. The van der Waals surface area contributed by atoms with E-state index in [0.717, 1.165) is 35.5 Å². The van der Waals surface area contributed by atoms with Crippen molar-refractivity contribution < 1.29 is 18.7 Å². The van der Waals surface area contributed by atoms with Crippen LogP contribution in [-0.2, 0) is 9.53 Å². The maximum absolute atomic E-state index is 13.7. The van der Waals surface area contributed by atoms with Crippen LogP contribution in [0.2, 0.25) is 0 Å². The highest BCUT2D eigenvalue weighted by atomic mass is 19.1. The van der Waals surface area contributed by atoms with Crippen molar-refractivity contribution in [3.63, 3.8) is 0 Å². The van der Waals surface area contributed by atoms with Gasteiger partial charge in [-0.2, -0.15) is 5.10 Å². The average molecular weight is 510 g/mol. The largest absolute Gasteiger partial charge is 0.379 e. The van der Waals surface area contributed by atoms with Crippen molar-refractivity contribution >= 4 is 17.6 Å². The zero-order chi connectivity index (χ0) is 26.4. The van der Waals surface area contributed by atoms with Gasteiger partial charge < -0.3 is 15.0 Å². The lowest BCUT2D eigenvalue weighted by molar-refractivity contribution is -0.133. The van der Waals surface area contributed by atoms with Gasteiger partial charge in [0.1, 0.15) is 12.4 Å². The Morgan fingerprint density at radius 1 is 1.11 bits per heavy atom. The molecular weight excluding hydrogens is 473 g/mol. The van der Waals surface area contributed by atoms with Crippen molar-refractivity contribution in [3.05, 3.63) is 70.5 Å². The highest BCUT2D eigenvalue weighted by Crippen LogP contribution is 2.33. The van der Waals surface area contributed by atoms with Crippen LogP contribution in [0.25, 0.3) is 0 Å². The Bertz CT molecular complexity index is 1130. The minimum atomic E-state index is -0.375. The summed E-state index contributed by atoms with van der Waals surface area (Å²) in [7, 11) is 0. The first-order valence-corrected chi connectivity index (χ1v) is 12.9. The molecule has 0 aromatic heterocycles. The lowest BCUT2D eigenvalue weighted by atomic mass is 9.96. The fourth-order valence-corrected chi connectivity index (χ4v) is 4.62. The first-order valence-electron chi connectivity index (χ1n) is 12.9. The summed E-state index contributed by atoms with van der Waals surface area (Å²) in [5.41, 5.74) is 4.88. The van der Waals surface area contributed by atoms with Crippen LogP contribution >= 0.6 is 0 Å². The highest BCUT2D eigenvalue weighted by Gasteiger charge is 2.34. The number of benzene rings is 2. The molecule has 0 spiro atoms. The molecule has 9 heteroatoms. The molecule has 2 aromatic rings. The smallest absolute Gasteiger partial charge is 0.317 e. The summed E-state index contributed by atoms with van der Waals surface area (Å²) in [6.07, 6.45) is 0.509. The molecule has 37 heavy (non-hydrogen) atoms. The summed E-state index contributed by atoms with van der Waals surface area (Å²) < 4.78 is 19.1. The van der Waals surface area contributed by atoms with Gasteiger partial charge in [0.15, 0.2) is 0 Å². The highest BCUT2D eigenvalue weighted by molar-refractivity contribution is 6.03. The van der Waals surface area contributed by atoms with E-state index in [-0.39, 0.29) is 30.3 Å². The number of aryl methyl sites for hydroxylation is 2. The number of ether oxygens (including phenoxy) is 1. The second-order valence-electron chi connectivity index (χ2n) is 9.57. The Hall–Kier alpha value is -3.30. The molecule has 4 rings (SSSR count). The van der Waals surface area contributed by atoms with Crippen LogP contribution in [0, 0.1) is 19.7 Å². The first kappa shape index (κ1) is 26.8. The van der Waals surface area contributed by atoms with Crippen molar-refractivity contribution in [3.8, 4) is 0 Å². The zero-order valence-electron chi connectivity index (χ0n) is 21.9. The Labute approximate surface area is 218 Å². The number of rotatable bonds is 8. The molecule has 0 aliphatic carbocycles. The molecule has 0 unspecified atom stereocenters. The van der Waals surface area contributed by atoms with E-state index >= 15 is 0 Å². The molecule has 1 atom stereocenters. The van der Waals surface area contributed by atoms with Crippen LogP contribution in [0.15, 0.2) is 47.6 Å². The van der Waals surface area contributed by atoms with Gasteiger partial charge >= 0.3 is 6.03 Å². The van der Waals surface area contributed by atoms with Crippen LogP contribution in [0.5, 0.6) is 0 Å². The molecule has 1 N–H and O–H groups in total. The first-order chi connectivity index (χ1) is 17.9. The second kappa shape index (κ2) is 12.3. The number of amides is 3. The van der Waals surface area contributed by atoms with Crippen LogP contribution in [0.1, 0.15) is 41.6 Å². The third-order valence-electron chi connectivity index (χ3n) is 6.99. The minimum absolute atomic E-state index is 0.0996. The maximum Gasteiger partial charge on any atom is 0.317 e. The maximum atomic E-state index is 13.7. The van der Waals surface area contributed by atoms with E-state index in [1.165, 1.54) is 22.7 Å². The average Bonchev–Trinajstić information content (AvgIpc) is 3.35. The Balaban J connectivity index is 1.56. The fraction of sp³-hybridized carbons (Fsp3) is 0.464. The summed E-state index contributed by atoms with van der Waals surface area (Å²) >= 11 is 0.